The van der Waals surface area contributed by atoms with Crippen molar-refractivity contribution >= 4 is 43.5 Å². The molecular formula is C32H38BrN3O6S. The van der Waals surface area contributed by atoms with Crippen LogP contribution in [0, 0.1) is 5.92 Å². The second kappa shape index (κ2) is 14.7. The van der Waals surface area contributed by atoms with E-state index < -0.39 is 16.1 Å². The predicted molar refractivity (Wildman–Crippen MR) is 170 cm³/mol. The van der Waals surface area contributed by atoms with Gasteiger partial charge in [-0.05, 0) is 47.7 Å². The van der Waals surface area contributed by atoms with E-state index in [4.69, 9.17) is 9.47 Å². The molecule has 43 heavy (non-hydrogen) atoms. The Bertz CT molecular complexity index is 1500. The van der Waals surface area contributed by atoms with Gasteiger partial charge in [-0.3, -0.25) is 13.9 Å². The van der Waals surface area contributed by atoms with Gasteiger partial charge in [0.2, 0.25) is 28.6 Å². The van der Waals surface area contributed by atoms with Crippen LogP contribution in [0.25, 0.3) is 0 Å². The lowest BCUT2D eigenvalue weighted by atomic mass is 10.0. The lowest BCUT2D eigenvalue weighted by Gasteiger charge is -2.32. The highest BCUT2D eigenvalue weighted by Gasteiger charge is 2.31. The Kier molecular flexibility index (Phi) is 11.1. The molecule has 0 radical (unpaired) electrons. The molecule has 4 rings (SSSR count). The number of hydrogen-bond donors (Lipinski definition) is 1. The molecule has 0 aliphatic carbocycles. The maximum absolute atomic E-state index is 13.9. The van der Waals surface area contributed by atoms with Crippen molar-refractivity contribution in [2.45, 2.75) is 45.7 Å². The van der Waals surface area contributed by atoms with Gasteiger partial charge >= 0.3 is 0 Å². The van der Waals surface area contributed by atoms with Crippen LogP contribution in [0.5, 0.6) is 11.5 Å². The van der Waals surface area contributed by atoms with Gasteiger partial charge in [0.25, 0.3) is 0 Å². The van der Waals surface area contributed by atoms with E-state index in [-0.39, 0.29) is 50.5 Å². The summed E-state index contributed by atoms with van der Waals surface area (Å²) in [6.07, 6.45) is 1.78. The Morgan fingerprint density at radius 2 is 1.65 bits per heavy atom. The molecule has 3 aromatic carbocycles. The first kappa shape index (κ1) is 32.3. The van der Waals surface area contributed by atoms with Crippen LogP contribution in [-0.2, 0) is 32.6 Å². The molecule has 230 valence electrons. The zero-order valence-corrected chi connectivity index (χ0v) is 27.1. The smallest absolute Gasteiger partial charge is 0.243 e. The van der Waals surface area contributed by atoms with E-state index in [9.17, 15) is 18.0 Å². The molecule has 9 nitrogen and oxygen atoms in total. The third kappa shape index (κ3) is 9.21. The van der Waals surface area contributed by atoms with Crippen LogP contribution in [0.3, 0.4) is 0 Å². The van der Waals surface area contributed by atoms with Crippen molar-refractivity contribution in [1.29, 1.82) is 0 Å². The molecule has 1 aliphatic heterocycles. The van der Waals surface area contributed by atoms with Gasteiger partial charge in [0.05, 0.1) is 11.9 Å². The minimum Gasteiger partial charge on any atom is -0.454 e. The molecular weight excluding hydrogens is 634 g/mol. The van der Waals surface area contributed by atoms with Gasteiger partial charge in [-0.2, -0.15) is 0 Å². The molecule has 2 amide bonds. The second-order valence-corrected chi connectivity index (χ2v) is 13.8. The van der Waals surface area contributed by atoms with Crippen molar-refractivity contribution in [2.75, 3.05) is 30.4 Å². The van der Waals surface area contributed by atoms with E-state index in [1.165, 1.54) is 4.31 Å². The number of rotatable bonds is 14. The Morgan fingerprint density at radius 3 is 2.33 bits per heavy atom. The number of benzene rings is 3. The molecule has 0 saturated carbocycles. The quantitative estimate of drug-likeness (QED) is 0.255. The van der Waals surface area contributed by atoms with Gasteiger partial charge in [0.15, 0.2) is 11.5 Å². The molecule has 1 aliphatic rings. The van der Waals surface area contributed by atoms with Gasteiger partial charge in [-0.15, -0.1) is 0 Å². The highest BCUT2D eigenvalue weighted by atomic mass is 79.9. The maximum atomic E-state index is 13.9. The van der Waals surface area contributed by atoms with Crippen LogP contribution in [0.15, 0.2) is 77.3 Å². The Morgan fingerprint density at radius 1 is 0.953 bits per heavy atom. The molecule has 1 atom stereocenters. The van der Waals surface area contributed by atoms with Crippen LogP contribution in [-0.4, -0.2) is 57.3 Å². The Labute approximate surface area is 262 Å². The monoisotopic (exact) mass is 671 g/mol. The summed E-state index contributed by atoms with van der Waals surface area (Å²) in [6.45, 7) is 4.92. The molecule has 1 heterocycles. The minimum atomic E-state index is -3.65. The summed E-state index contributed by atoms with van der Waals surface area (Å²) in [5, 5.41) is 3.02. The first-order chi connectivity index (χ1) is 20.5. The number of sulfonamides is 1. The van der Waals surface area contributed by atoms with E-state index in [0.717, 1.165) is 21.9 Å². The Hall–Kier alpha value is -3.57. The summed E-state index contributed by atoms with van der Waals surface area (Å²) in [6, 6.07) is 21.5. The number of hydrogen-bond acceptors (Lipinski definition) is 6. The standard InChI is InChI=1S/C32H38BrN3O6S/c1-23(2)20-34-32(38)28(18-24-8-5-4-6-9-24)35(21-25-11-13-26(33)14-12-25)31(37)10-7-17-36(43(3,39)40)27-15-16-29-30(19-27)42-22-41-29/h4-6,8-9,11-16,19,23,28H,7,10,17-18,20-22H2,1-3H3,(H,34,38)/t28-/m1/s1. The van der Waals surface area contributed by atoms with Gasteiger partial charge in [0, 0.05) is 43.0 Å². The zero-order chi connectivity index (χ0) is 31.0. The summed E-state index contributed by atoms with van der Waals surface area (Å²) in [5.41, 5.74) is 2.25. The van der Waals surface area contributed by atoms with E-state index in [0.29, 0.717) is 30.2 Å². The number of ether oxygens (including phenoxy) is 2. The molecule has 0 fully saturated rings. The fourth-order valence-electron chi connectivity index (χ4n) is 4.81. The number of carbonyl (C=O) groups excluding carboxylic acids is 2. The number of halogens is 1. The van der Waals surface area contributed by atoms with Crippen LogP contribution < -0.4 is 19.1 Å². The third-order valence-corrected chi connectivity index (χ3v) is 8.74. The predicted octanol–water partition coefficient (Wildman–Crippen LogP) is 5.14. The fraction of sp³-hybridized carbons (Fsp3) is 0.375. The van der Waals surface area contributed by atoms with E-state index >= 15 is 0 Å². The number of anilines is 1. The number of nitrogens with one attached hydrogen (secondary N) is 1. The number of nitrogens with zero attached hydrogens (tertiary/aromatic N) is 2. The lowest BCUT2D eigenvalue weighted by molar-refractivity contribution is -0.141. The fourth-order valence-corrected chi connectivity index (χ4v) is 6.03. The van der Waals surface area contributed by atoms with Crippen molar-refractivity contribution in [3.05, 3.63) is 88.4 Å². The van der Waals surface area contributed by atoms with Gasteiger partial charge < -0.3 is 19.7 Å². The number of fused-ring (bicyclic) bond motifs is 1. The molecule has 1 N–H and O–H groups in total. The normalized spacial score (nSPS) is 13.0. The summed E-state index contributed by atoms with van der Waals surface area (Å²) < 4.78 is 38.4. The zero-order valence-electron chi connectivity index (χ0n) is 24.7. The average molecular weight is 673 g/mol. The van der Waals surface area contributed by atoms with Crippen LogP contribution >= 0.6 is 15.9 Å². The van der Waals surface area contributed by atoms with Crippen LogP contribution in [0.4, 0.5) is 5.69 Å². The van der Waals surface area contributed by atoms with Crippen LogP contribution in [0.1, 0.15) is 37.8 Å². The Balaban J connectivity index is 1.57. The number of amides is 2. The SMILES string of the molecule is CC(C)CNC(=O)[C@@H](Cc1ccccc1)N(Cc1ccc(Br)cc1)C(=O)CCCN(c1ccc2c(c1)OCO2)S(C)(=O)=O. The summed E-state index contributed by atoms with van der Waals surface area (Å²) in [5.74, 6) is 0.814. The van der Waals surface area contributed by atoms with Crippen molar-refractivity contribution in [3.8, 4) is 11.5 Å². The van der Waals surface area contributed by atoms with Crippen molar-refractivity contribution < 1.29 is 27.5 Å². The first-order valence-corrected chi connectivity index (χ1v) is 16.9. The van der Waals surface area contributed by atoms with E-state index in [2.05, 4.69) is 21.2 Å². The molecule has 0 saturated heterocycles. The summed E-state index contributed by atoms with van der Waals surface area (Å²) in [7, 11) is -3.65. The van der Waals surface area contributed by atoms with Crippen molar-refractivity contribution in [2.24, 2.45) is 5.92 Å². The van der Waals surface area contributed by atoms with Gasteiger partial charge in [0.1, 0.15) is 6.04 Å². The summed E-state index contributed by atoms with van der Waals surface area (Å²) >= 11 is 3.46. The van der Waals surface area contributed by atoms with Gasteiger partial charge in [-0.25, -0.2) is 8.42 Å². The molecule has 0 unspecified atom stereocenters. The highest BCUT2D eigenvalue weighted by molar-refractivity contribution is 9.10. The second-order valence-electron chi connectivity index (χ2n) is 11.0. The molecule has 3 aromatic rings. The minimum absolute atomic E-state index is 0.0514. The molecule has 11 heteroatoms. The largest absolute Gasteiger partial charge is 0.454 e. The van der Waals surface area contributed by atoms with E-state index in [1.807, 2.05) is 68.4 Å². The molecule has 0 spiro atoms. The molecule has 0 bridgehead atoms. The van der Waals surface area contributed by atoms with Crippen LogP contribution in [0.2, 0.25) is 0 Å². The first-order valence-electron chi connectivity index (χ1n) is 14.2. The van der Waals surface area contributed by atoms with Crippen molar-refractivity contribution in [3.63, 3.8) is 0 Å². The van der Waals surface area contributed by atoms with Crippen molar-refractivity contribution in [1.82, 2.24) is 10.2 Å². The average Bonchev–Trinajstić information content (AvgIpc) is 3.44. The highest BCUT2D eigenvalue weighted by Crippen LogP contribution is 2.36. The van der Waals surface area contributed by atoms with Gasteiger partial charge in [-0.1, -0.05) is 72.2 Å². The molecule has 0 aromatic heterocycles. The summed E-state index contributed by atoms with van der Waals surface area (Å²) in [4.78, 5) is 29.2. The number of carbonyl (C=O) groups is 2. The maximum Gasteiger partial charge on any atom is 0.243 e. The lowest BCUT2D eigenvalue weighted by Crippen LogP contribution is -2.51. The topological polar surface area (TPSA) is 105 Å². The third-order valence-electron chi connectivity index (χ3n) is 7.02. The van der Waals surface area contributed by atoms with E-state index in [1.54, 1.807) is 23.1 Å².